The Bertz CT molecular complexity index is 289. The summed E-state index contributed by atoms with van der Waals surface area (Å²) in [5.74, 6) is -1.53. The maximum atomic E-state index is 11.5. The zero-order valence-corrected chi connectivity index (χ0v) is 9.31. The molecule has 2 unspecified atom stereocenters. The van der Waals surface area contributed by atoms with Crippen LogP contribution in [0.15, 0.2) is 0 Å². The van der Waals surface area contributed by atoms with E-state index in [-0.39, 0.29) is 0 Å². The van der Waals surface area contributed by atoms with Gasteiger partial charge in [0.05, 0.1) is 0 Å². The molecule has 2 atom stereocenters. The summed E-state index contributed by atoms with van der Waals surface area (Å²) in [6.45, 7) is 1.89. The Morgan fingerprint density at radius 1 is 1.50 bits per heavy atom. The van der Waals surface area contributed by atoms with Crippen molar-refractivity contribution in [3.63, 3.8) is 0 Å². The number of nitrogens with two attached hydrogens (primary N) is 2. The lowest BCUT2D eigenvalue weighted by molar-refractivity contribution is -0.166. The van der Waals surface area contributed by atoms with Crippen molar-refractivity contribution in [2.24, 2.45) is 11.5 Å². The largest absolute Gasteiger partial charge is 0.447 e. The lowest BCUT2D eigenvalue weighted by Gasteiger charge is -2.20. The summed E-state index contributed by atoms with van der Waals surface area (Å²) < 4.78 is 4.90. The van der Waals surface area contributed by atoms with Crippen LogP contribution in [-0.2, 0) is 14.3 Å². The van der Waals surface area contributed by atoms with Crippen LogP contribution < -0.4 is 11.5 Å². The van der Waals surface area contributed by atoms with Gasteiger partial charge in [0.25, 0.3) is 5.91 Å². The Morgan fingerprint density at radius 3 is 2.44 bits per heavy atom. The SMILES string of the molecule is CCCC(N)C(O)C(=O)OC1(C(N)=O)CC1. The molecule has 1 saturated carbocycles. The highest BCUT2D eigenvalue weighted by molar-refractivity contribution is 5.90. The molecular weight excluding hydrogens is 212 g/mol. The molecule has 0 aromatic carbocycles. The third-order valence-electron chi connectivity index (χ3n) is 2.72. The third kappa shape index (κ3) is 2.70. The van der Waals surface area contributed by atoms with Crippen molar-refractivity contribution in [3.05, 3.63) is 0 Å². The maximum Gasteiger partial charge on any atom is 0.337 e. The van der Waals surface area contributed by atoms with Crippen LogP contribution in [0, 0.1) is 0 Å². The van der Waals surface area contributed by atoms with E-state index in [1.54, 1.807) is 0 Å². The number of hydrogen-bond donors (Lipinski definition) is 3. The fraction of sp³-hybridized carbons (Fsp3) is 0.800. The van der Waals surface area contributed by atoms with Crippen LogP contribution in [0.5, 0.6) is 0 Å². The molecule has 0 bridgehead atoms. The summed E-state index contributed by atoms with van der Waals surface area (Å²) in [4.78, 5) is 22.4. The zero-order chi connectivity index (χ0) is 12.3. The first-order valence-corrected chi connectivity index (χ1v) is 5.39. The van der Waals surface area contributed by atoms with Gasteiger partial charge in [0, 0.05) is 18.9 Å². The molecule has 1 fully saturated rings. The topological polar surface area (TPSA) is 116 Å². The lowest BCUT2D eigenvalue weighted by atomic mass is 10.1. The van der Waals surface area contributed by atoms with Gasteiger partial charge in [-0.2, -0.15) is 0 Å². The number of esters is 1. The maximum absolute atomic E-state index is 11.5. The average molecular weight is 230 g/mol. The summed E-state index contributed by atoms with van der Waals surface area (Å²) >= 11 is 0. The zero-order valence-electron chi connectivity index (χ0n) is 9.31. The smallest absolute Gasteiger partial charge is 0.337 e. The molecule has 0 heterocycles. The van der Waals surface area contributed by atoms with Gasteiger partial charge in [-0.15, -0.1) is 0 Å². The van der Waals surface area contributed by atoms with E-state index in [1.165, 1.54) is 0 Å². The Hall–Kier alpha value is -1.14. The van der Waals surface area contributed by atoms with Gasteiger partial charge in [-0.25, -0.2) is 4.79 Å². The first-order valence-electron chi connectivity index (χ1n) is 5.39. The fourth-order valence-corrected chi connectivity index (χ4v) is 1.43. The van der Waals surface area contributed by atoms with E-state index in [4.69, 9.17) is 16.2 Å². The number of amides is 1. The molecule has 0 aromatic heterocycles. The van der Waals surface area contributed by atoms with Crippen LogP contribution in [0.25, 0.3) is 0 Å². The molecule has 0 radical (unpaired) electrons. The summed E-state index contributed by atoms with van der Waals surface area (Å²) in [5.41, 5.74) is 9.47. The van der Waals surface area contributed by atoms with Gasteiger partial charge >= 0.3 is 5.97 Å². The second-order valence-corrected chi connectivity index (χ2v) is 4.18. The normalized spacial score (nSPS) is 20.9. The second-order valence-electron chi connectivity index (χ2n) is 4.18. The average Bonchev–Trinajstić information content (AvgIpc) is 2.98. The summed E-state index contributed by atoms with van der Waals surface area (Å²) in [5, 5.41) is 9.54. The van der Waals surface area contributed by atoms with Gasteiger partial charge in [-0.3, -0.25) is 4.79 Å². The standard InChI is InChI=1S/C10H18N2O4/c1-2-3-6(11)7(13)8(14)16-10(4-5-10)9(12)15/h6-7,13H,2-5,11H2,1H3,(H2,12,15). The van der Waals surface area contributed by atoms with Gasteiger partial charge in [0.1, 0.15) is 0 Å². The summed E-state index contributed by atoms with van der Waals surface area (Å²) in [7, 11) is 0. The van der Waals surface area contributed by atoms with Gasteiger partial charge in [-0.1, -0.05) is 13.3 Å². The van der Waals surface area contributed by atoms with E-state index >= 15 is 0 Å². The van der Waals surface area contributed by atoms with E-state index in [9.17, 15) is 14.7 Å². The number of ether oxygens (including phenoxy) is 1. The summed E-state index contributed by atoms with van der Waals surface area (Å²) in [6, 6.07) is -0.666. The van der Waals surface area contributed by atoms with Crippen molar-refractivity contribution in [2.45, 2.75) is 50.4 Å². The summed E-state index contributed by atoms with van der Waals surface area (Å²) in [6.07, 6.45) is 0.719. The third-order valence-corrected chi connectivity index (χ3v) is 2.72. The highest BCUT2D eigenvalue weighted by Gasteiger charge is 2.53. The molecule has 0 aliphatic heterocycles. The number of primary amides is 1. The van der Waals surface area contributed by atoms with Crippen molar-refractivity contribution < 1.29 is 19.4 Å². The number of carbonyl (C=O) groups excluding carboxylic acids is 2. The van der Waals surface area contributed by atoms with Crippen LogP contribution in [0.4, 0.5) is 0 Å². The Balaban J connectivity index is 2.49. The van der Waals surface area contributed by atoms with Crippen LogP contribution in [-0.4, -0.2) is 34.7 Å². The molecule has 1 rings (SSSR count). The van der Waals surface area contributed by atoms with Crippen molar-refractivity contribution in [3.8, 4) is 0 Å². The van der Waals surface area contributed by atoms with Gasteiger partial charge < -0.3 is 21.3 Å². The van der Waals surface area contributed by atoms with E-state index in [1.807, 2.05) is 6.92 Å². The van der Waals surface area contributed by atoms with E-state index in [0.29, 0.717) is 19.3 Å². The molecule has 6 nitrogen and oxygen atoms in total. The van der Waals surface area contributed by atoms with Crippen molar-refractivity contribution >= 4 is 11.9 Å². The molecule has 0 spiro atoms. The minimum absolute atomic E-state index is 0.420. The van der Waals surface area contributed by atoms with E-state index in [2.05, 4.69) is 0 Å². The predicted molar refractivity (Wildman–Crippen MR) is 56.1 cm³/mol. The monoisotopic (exact) mass is 230 g/mol. The minimum atomic E-state index is -1.39. The molecule has 0 saturated heterocycles. The van der Waals surface area contributed by atoms with Crippen LogP contribution in [0.2, 0.25) is 0 Å². The molecule has 16 heavy (non-hydrogen) atoms. The number of aliphatic hydroxyl groups excluding tert-OH is 1. The van der Waals surface area contributed by atoms with Gasteiger partial charge in [-0.05, 0) is 6.42 Å². The number of carbonyl (C=O) groups is 2. The Kier molecular flexibility index (Phi) is 3.88. The highest BCUT2D eigenvalue weighted by atomic mass is 16.6. The highest BCUT2D eigenvalue weighted by Crippen LogP contribution is 2.39. The number of hydrogen-bond acceptors (Lipinski definition) is 5. The first-order chi connectivity index (χ1) is 7.43. The second kappa shape index (κ2) is 4.80. The molecule has 6 heteroatoms. The molecule has 92 valence electrons. The Labute approximate surface area is 93.9 Å². The van der Waals surface area contributed by atoms with Crippen LogP contribution in [0.3, 0.4) is 0 Å². The number of aliphatic hydroxyl groups is 1. The molecule has 5 N–H and O–H groups in total. The van der Waals surface area contributed by atoms with Crippen molar-refractivity contribution in [1.29, 1.82) is 0 Å². The lowest BCUT2D eigenvalue weighted by Crippen LogP contribution is -2.45. The molecular formula is C10H18N2O4. The predicted octanol–water partition coefficient (Wildman–Crippen LogP) is -0.964. The van der Waals surface area contributed by atoms with Gasteiger partial charge in [0.2, 0.25) is 0 Å². The van der Waals surface area contributed by atoms with Crippen LogP contribution >= 0.6 is 0 Å². The fourth-order valence-electron chi connectivity index (χ4n) is 1.43. The quantitative estimate of drug-likeness (QED) is 0.508. The number of rotatable bonds is 6. The molecule has 1 amide bonds. The molecule has 1 aliphatic rings. The van der Waals surface area contributed by atoms with Crippen molar-refractivity contribution in [2.75, 3.05) is 0 Å². The minimum Gasteiger partial charge on any atom is -0.447 e. The Morgan fingerprint density at radius 2 is 2.06 bits per heavy atom. The van der Waals surface area contributed by atoms with Crippen LogP contribution in [0.1, 0.15) is 32.6 Å². The van der Waals surface area contributed by atoms with Gasteiger partial charge in [0.15, 0.2) is 11.7 Å². The van der Waals surface area contributed by atoms with E-state index < -0.39 is 29.6 Å². The first kappa shape index (κ1) is 12.9. The molecule has 1 aliphatic carbocycles. The molecule has 0 aromatic rings. The van der Waals surface area contributed by atoms with Crippen molar-refractivity contribution in [1.82, 2.24) is 0 Å². The van der Waals surface area contributed by atoms with E-state index in [0.717, 1.165) is 6.42 Å².